The van der Waals surface area contributed by atoms with E-state index in [0.717, 1.165) is 52.0 Å². The van der Waals surface area contributed by atoms with Gasteiger partial charge in [0.15, 0.2) is 0 Å². The molecule has 0 saturated carbocycles. The summed E-state index contributed by atoms with van der Waals surface area (Å²) in [5.41, 5.74) is 1.55. The molecular weight excluding hydrogens is 416 g/mol. The molecule has 8 nitrogen and oxygen atoms in total. The number of hydrogen-bond donors (Lipinski definition) is 3. The van der Waals surface area contributed by atoms with E-state index in [2.05, 4.69) is 37.8 Å². The maximum Gasteiger partial charge on any atom is 0.229 e. The minimum Gasteiger partial charge on any atom is -0.381 e. The van der Waals surface area contributed by atoms with Crippen LogP contribution < -0.4 is 16.0 Å². The van der Waals surface area contributed by atoms with Gasteiger partial charge in [-0.05, 0) is 49.8 Å². The van der Waals surface area contributed by atoms with Crippen LogP contribution in [0.15, 0.2) is 24.5 Å². The van der Waals surface area contributed by atoms with Gasteiger partial charge in [0.2, 0.25) is 11.9 Å². The van der Waals surface area contributed by atoms with E-state index in [1.165, 1.54) is 0 Å². The first-order valence-corrected chi connectivity index (χ1v) is 11.2. The van der Waals surface area contributed by atoms with Crippen LogP contribution >= 0.6 is 11.6 Å². The van der Waals surface area contributed by atoms with Gasteiger partial charge in [0.05, 0.1) is 16.6 Å². The molecule has 0 bridgehead atoms. The van der Waals surface area contributed by atoms with E-state index in [1.807, 2.05) is 0 Å². The second-order valence-electron chi connectivity index (χ2n) is 8.62. The maximum absolute atomic E-state index is 12.6. The first-order chi connectivity index (χ1) is 15.0. The van der Waals surface area contributed by atoms with Crippen molar-refractivity contribution >= 4 is 29.3 Å². The average molecular weight is 445 g/mol. The summed E-state index contributed by atoms with van der Waals surface area (Å²) in [5, 5.41) is 10.0. The molecule has 0 spiro atoms. The lowest BCUT2D eigenvalue weighted by molar-refractivity contribution is -0.120. The number of amides is 1. The lowest BCUT2D eigenvalue weighted by Crippen LogP contribution is -2.37. The van der Waals surface area contributed by atoms with Crippen LogP contribution in [0.3, 0.4) is 0 Å². The topological polar surface area (TPSA) is 101 Å². The van der Waals surface area contributed by atoms with Crippen molar-refractivity contribution in [1.29, 1.82) is 0 Å². The summed E-state index contributed by atoms with van der Waals surface area (Å²) in [4.78, 5) is 25.8. The largest absolute Gasteiger partial charge is 0.381 e. The number of aromatic nitrogens is 3. The highest BCUT2D eigenvalue weighted by molar-refractivity contribution is 6.33. The quantitative estimate of drug-likeness (QED) is 0.627. The van der Waals surface area contributed by atoms with Gasteiger partial charge in [-0.15, -0.1) is 0 Å². The van der Waals surface area contributed by atoms with E-state index in [4.69, 9.17) is 16.3 Å². The number of hydrogen-bond acceptors (Lipinski definition) is 7. The van der Waals surface area contributed by atoms with Crippen molar-refractivity contribution < 1.29 is 9.53 Å². The van der Waals surface area contributed by atoms with Crippen molar-refractivity contribution in [3.05, 3.63) is 29.5 Å². The van der Waals surface area contributed by atoms with Gasteiger partial charge in [0.25, 0.3) is 0 Å². The Bertz CT molecular complexity index is 913. The van der Waals surface area contributed by atoms with Crippen LogP contribution in [0.4, 0.5) is 11.8 Å². The van der Waals surface area contributed by atoms with Crippen molar-refractivity contribution in [2.45, 2.75) is 32.6 Å². The third-order valence-electron chi connectivity index (χ3n) is 6.08. The molecule has 2 aromatic heterocycles. The fourth-order valence-corrected chi connectivity index (χ4v) is 4.13. The Kier molecular flexibility index (Phi) is 6.99. The van der Waals surface area contributed by atoms with E-state index >= 15 is 0 Å². The molecule has 2 saturated heterocycles. The molecule has 0 radical (unpaired) electrons. The van der Waals surface area contributed by atoms with Crippen molar-refractivity contribution in [1.82, 2.24) is 20.3 Å². The number of piperidine rings is 1. The van der Waals surface area contributed by atoms with Crippen molar-refractivity contribution in [2.75, 3.05) is 43.5 Å². The van der Waals surface area contributed by atoms with E-state index < -0.39 is 0 Å². The van der Waals surface area contributed by atoms with Gasteiger partial charge in [-0.3, -0.25) is 4.79 Å². The molecule has 166 valence electrons. The zero-order valence-corrected chi connectivity index (χ0v) is 18.5. The number of rotatable bonds is 6. The van der Waals surface area contributed by atoms with Gasteiger partial charge in [-0.1, -0.05) is 18.5 Å². The van der Waals surface area contributed by atoms with Crippen LogP contribution in [0.1, 0.15) is 32.6 Å². The summed E-state index contributed by atoms with van der Waals surface area (Å²) in [7, 11) is 0. The molecule has 2 aliphatic rings. The van der Waals surface area contributed by atoms with Gasteiger partial charge in [-0.2, -0.15) is 0 Å². The molecule has 0 aromatic carbocycles. The number of nitrogens with zero attached hydrogens (tertiary/aromatic N) is 3. The van der Waals surface area contributed by atoms with Crippen LogP contribution in [-0.4, -0.2) is 53.7 Å². The molecule has 2 aliphatic heterocycles. The molecule has 2 aromatic rings. The number of halogens is 1. The second-order valence-corrected chi connectivity index (χ2v) is 9.03. The van der Waals surface area contributed by atoms with Gasteiger partial charge < -0.3 is 20.7 Å². The maximum atomic E-state index is 12.6. The van der Waals surface area contributed by atoms with Gasteiger partial charge >= 0.3 is 0 Å². The molecule has 1 atom stereocenters. The smallest absolute Gasteiger partial charge is 0.229 e. The minimum atomic E-state index is -0.0453. The normalized spacial score (nSPS) is 20.8. The number of anilines is 2. The van der Waals surface area contributed by atoms with Gasteiger partial charge in [0, 0.05) is 44.3 Å². The van der Waals surface area contributed by atoms with Crippen LogP contribution in [0, 0.1) is 11.3 Å². The second kappa shape index (κ2) is 9.89. The fourth-order valence-electron chi connectivity index (χ4n) is 3.93. The number of ether oxygens (including phenoxy) is 1. The zero-order valence-electron chi connectivity index (χ0n) is 17.8. The monoisotopic (exact) mass is 444 g/mol. The Morgan fingerprint density at radius 2 is 2.19 bits per heavy atom. The number of nitrogens with one attached hydrogen (secondary N) is 3. The van der Waals surface area contributed by atoms with Crippen molar-refractivity contribution in [3.8, 4) is 11.3 Å². The van der Waals surface area contributed by atoms with Gasteiger partial charge in [0.1, 0.15) is 5.82 Å². The molecular formula is C22H29ClN6O2. The first kappa shape index (κ1) is 21.9. The molecule has 1 unspecified atom stereocenters. The zero-order chi connectivity index (χ0) is 21.7. The molecule has 0 aliphatic carbocycles. The molecule has 2 fully saturated rings. The lowest BCUT2D eigenvalue weighted by atomic mass is 9.82. The van der Waals surface area contributed by atoms with Crippen LogP contribution in [0.25, 0.3) is 11.3 Å². The standard InChI is InChI=1S/C22H29ClN6O2/c1-22(5-9-31-10-6-22)14-27-21-25-8-4-18(28-21)16-11-19(26-13-17(16)23)29-20(30)15-3-2-7-24-12-15/h4,8,11,13,15,24H,2-3,5-7,9-10,12,14H2,1H3,(H,25,27,28)(H,26,29,30). The Labute approximate surface area is 187 Å². The number of pyridine rings is 1. The first-order valence-electron chi connectivity index (χ1n) is 10.8. The van der Waals surface area contributed by atoms with Crippen LogP contribution in [-0.2, 0) is 9.53 Å². The summed E-state index contributed by atoms with van der Waals surface area (Å²) in [6.07, 6.45) is 7.15. The molecule has 1 amide bonds. The van der Waals surface area contributed by atoms with Crippen molar-refractivity contribution in [2.24, 2.45) is 11.3 Å². The average Bonchev–Trinajstić information content (AvgIpc) is 2.80. The Morgan fingerprint density at radius 3 is 2.97 bits per heavy atom. The number of carbonyl (C=O) groups is 1. The third-order valence-corrected chi connectivity index (χ3v) is 6.38. The Balaban J connectivity index is 1.46. The van der Waals surface area contributed by atoms with Crippen LogP contribution in [0.2, 0.25) is 5.02 Å². The summed E-state index contributed by atoms with van der Waals surface area (Å²) >= 11 is 6.41. The minimum absolute atomic E-state index is 0.0253. The highest BCUT2D eigenvalue weighted by Gasteiger charge is 2.27. The SMILES string of the molecule is CC1(CNc2nccc(-c3cc(NC(=O)C4CCCNC4)ncc3Cl)n2)CCOCC1. The highest BCUT2D eigenvalue weighted by Crippen LogP contribution is 2.31. The van der Waals surface area contributed by atoms with E-state index in [0.29, 0.717) is 34.6 Å². The predicted molar refractivity (Wildman–Crippen MR) is 121 cm³/mol. The molecule has 9 heteroatoms. The summed E-state index contributed by atoms with van der Waals surface area (Å²) in [6, 6.07) is 3.57. The molecule has 3 N–H and O–H groups in total. The summed E-state index contributed by atoms with van der Waals surface area (Å²) in [5.74, 6) is 0.952. The number of carbonyl (C=O) groups excluding carboxylic acids is 1. The molecule has 31 heavy (non-hydrogen) atoms. The summed E-state index contributed by atoms with van der Waals surface area (Å²) in [6.45, 7) is 6.26. The summed E-state index contributed by atoms with van der Waals surface area (Å²) < 4.78 is 5.47. The van der Waals surface area contributed by atoms with Crippen LogP contribution in [0.5, 0.6) is 0 Å². The third kappa shape index (κ3) is 5.70. The fraction of sp³-hybridized carbons (Fsp3) is 0.545. The predicted octanol–water partition coefficient (Wildman–Crippen LogP) is 3.36. The van der Waals surface area contributed by atoms with Gasteiger partial charge in [-0.25, -0.2) is 15.0 Å². The Hall–Kier alpha value is -2.29. The lowest BCUT2D eigenvalue weighted by Gasteiger charge is -2.33. The Morgan fingerprint density at radius 1 is 1.35 bits per heavy atom. The molecule has 4 rings (SSSR count). The highest BCUT2D eigenvalue weighted by atomic mass is 35.5. The van der Waals surface area contributed by atoms with Crippen molar-refractivity contribution in [3.63, 3.8) is 0 Å². The van der Waals surface area contributed by atoms with E-state index in [9.17, 15) is 4.79 Å². The van der Waals surface area contributed by atoms with E-state index in [-0.39, 0.29) is 17.2 Å². The van der Waals surface area contributed by atoms with E-state index in [1.54, 1.807) is 24.5 Å². The molecule has 4 heterocycles.